The summed E-state index contributed by atoms with van der Waals surface area (Å²) in [5.41, 5.74) is 3.04. The number of nitrogens with one attached hydrogen (secondary N) is 1. The van der Waals surface area contributed by atoms with Crippen LogP contribution in [-0.2, 0) is 0 Å². The molecule has 1 aliphatic heterocycles. The number of aryl methyl sites for hydroxylation is 1. The van der Waals surface area contributed by atoms with Gasteiger partial charge < -0.3 is 5.32 Å². The molecule has 2 heterocycles. The van der Waals surface area contributed by atoms with E-state index in [0.29, 0.717) is 0 Å². The van der Waals surface area contributed by atoms with E-state index in [1.807, 2.05) is 25.3 Å². The Morgan fingerprint density at radius 3 is 3.08 bits per heavy atom. The third kappa shape index (κ3) is 1.42. The molecule has 1 N–H and O–H groups in total. The molecule has 0 radical (unpaired) electrons. The highest BCUT2D eigenvalue weighted by molar-refractivity contribution is 6.32. The fourth-order valence-corrected chi connectivity index (χ4v) is 1.83. The summed E-state index contributed by atoms with van der Waals surface area (Å²) in [5, 5.41) is 3.98. The summed E-state index contributed by atoms with van der Waals surface area (Å²) >= 11 is 6.09. The average Bonchev–Trinajstić information content (AvgIpc) is 2.07. The first-order valence-electron chi connectivity index (χ1n) is 4.28. The normalized spacial score (nSPS) is 19.5. The van der Waals surface area contributed by atoms with Crippen molar-refractivity contribution in [2.24, 2.45) is 0 Å². The van der Waals surface area contributed by atoms with Gasteiger partial charge in [0.1, 0.15) is 0 Å². The minimum absolute atomic E-state index is 0.248. The number of aromatic nitrogens is 1. The zero-order valence-electron chi connectivity index (χ0n) is 7.63. The molecule has 3 heteroatoms. The molecule has 1 aromatic rings. The van der Waals surface area contributed by atoms with Gasteiger partial charge in [0.15, 0.2) is 0 Å². The number of pyridine rings is 1. The SMILES string of the molecule is Cc1cc(Cl)c2c(n1)C(C)NC=C2. The largest absolute Gasteiger partial charge is 0.383 e. The lowest BCUT2D eigenvalue weighted by Crippen LogP contribution is -2.18. The number of nitrogens with zero attached hydrogens (tertiary/aromatic N) is 1. The summed E-state index contributed by atoms with van der Waals surface area (Å²) in [6.45, 7) is 4.03. The van der Waals surface area contributed by atoms with Crippen LogP contribution in [0.3, 0.4) is 0 Å². The van der Waals surface area contributed by atoms with E-state index in [1.54, 1.807) is 0 Å². The number of halogens is 1. The molecule has 2 rings (SSSR count). The second-order valence-corrected chi connectivity index (χ2v) is 3.67. The van der Waals surface area contributed by atoms with Gasteiger partial charge in [-0.2, -0.15) is 0 Å². The molecule has 0 saturated carbocycles. The number of rotatable bonds is 0. The van der Waals surface area contributed by atoms with Crippen molar-refractivity contribution in [3.8, 4) is 0 Å². The van der Waals surface area contributed by atoms with Crippen LogP contribution in [0.2, 0.25) is 5.02 Å². The van der Waals surface area contributed by atoms with E-state index in [4.69, 9.17) is 11.6 Å². The summed E-state index contributed by atoms with van der Waals surface area (Å²) in [6.07, 6.45) is 3.88. The lowest BCUT2D eigenvalue weighted by Gasteiger charge is -2.19. The molecular formula is C10H11ClN2. The summed E-state index contributed by atoms with van der Waals surface area (Å²) < 4.78 is 0. The Bertz CT molecular complexity index is 371. The Balaban J connectivity index is 2.64. The van der Waals surface area contributed by atoms with Crippen LogP contribution in [0.5, 0.6) is 0 Å². The van der Waals surface area contributed by atoms with E-state index >= 15 is 0 Å². The maximum atomic E-state index is 6.09. The smallest absolute Gasteiger partial charge is 0.0714 e. The molecular weight excluding hydrogens is 184 g/mol. The van der Waals surface area contributed by atoms with Crippen LogP contribution in [0.4, 0.5) is 0 Å². The fourth-order valence-electron chi connectivity index (χ4n) is 1.52. The standard InChI is InChI=1S/C10H11ClN2/c1-6-5-9(11)8-3-4-12-7(2)10(8)13-6/h3-5,7,12H,1-2H3. The van der Waals surface area contributed by atoms with Crippen molar-refractivity contribution in [2.45, 2.75) is 19.9 Å². The average molecular weight is 195 g/mol. The molecule has 0 aliphatic carbocycles. The predicted molar refractivity (Wildman–Crippen MR) is 54.6 cm³/mol. The van der Waals surface area contributed by atoms with Crippen LogP contribution in [0.15, 0.2) is 12.3 Å². The lowest BCUT2D eigenvalue weighted by atomic mass is 10.0. The van der Waals surface area contributed by atoms with Gasteiger partial charge in [-0.3, -0.25) is 4.98 Å². The Labute approximate surface area is 82.6 Å². The third-order valence-corrected chi connectivity index (χ3v) is 2.48. The lowest BCUT2D eigenvalue weighted by molar-refractivity contribution is 0.653. The van der Waals surface area contributed by atoms with Crippen molar-refractivity contribution in [3.63, 3.8) is 0 Å². The van der Waals surface area contributed by atoms with Crippen molar-refractivity contribution in [1.82, 2.24) is 10.3 Å². The van der Waals surface area contributed by atoms with Gasteiger partial charge in [-0.05, 0) is 32.2 Å². The van der Waals surface area contributed by atoms with Gasteiger partial charge in [0.25, 0.3) is 0 Å². The monoisotopic (exact) mass is 194 g/mol. The van der Waals surface area contributed by atoms with Crippen molar-refractivity contribution in [3.05, 3.63) is 34.2 Å². The van der Waals surface area contributed by atoms with Crippen LogP contribution in [-0.4, -0.2) is 4.98 Å². The zero-order chi connectivity index (χ0) is 9.42. The minimum Gasteiger partial charge on any atom is -0.383 e. The number of hydrogen-bond donors (Lipinski definition) is 1. The van der Waals surface area contributed by atoms with Gasteiger partial charge in [-0.25, -0.2) is 0 Å². The Morgan fingerprint density at radius 2 is 2.31 bits per heavy atom. The fraction of sp³-hybridized carbons (Fsp3) is 0.300. The van der Waals surface area contributed by atoms with Gasteiger partial charge >= 0.3 is 0 Å². The van der Waals surface area contributed by atoms with Crippen molar-refractivity contribution in [1.29, 1.82) is 0 Å². The Morgan fingerprint density at radius 1 is 1.54 bits per heavy atom. The first-order chi connectivity index (χ1) is 6.18. The van der Waals surface area contributed by atoms with Crippen LogP contribution in [0, 0.1) is 6.92 Å². The van der Waals surface area contributed by atoms with Crippen molar-refractivity contribution < 1.29 is 0 Å². The van der Waals surface area contributed by atoms with E-state index in [0.717, 1.165) is 22.0 Å². The van der Waals surface area contributed by atoms with Gasteiger partial charge in [-0.15, -0.1) is 0 Å². The predicted octanol–water partition coefficient (Wildman–Crippen LogP) is 2.68. The van der Waals surface area contributed by atoms with Gasteiger partial charge in [-0.1, -0.05) is 11.6 Å². The molecule has 0 amide bonds. The molecule has 1 aliphatic rings. The van der Waals surface area contributed by atoms with E-state index in [9.17, 15) is 0 Å². The van der Waals surface area contributed by atoms with E-state index < -0.39 is 0 Å². The van der Waals surface area contributed by atoms with Crippen LogP contribution >= 0.6 is 11.6 Å². The molecule has 1 unspecified atom stereocenters. The topological polar surface area (TPSA) is 24.9 Å². The van der Waals surface area contributed by atoms with Crippen LogP contribution < -0.4 is 5.32 Å². The molecule has 1 aromatic heterocycles. The number of fused-ring (bicyclic) bond motifs is 1. The maximum absolute atomic E-state index is 6.09. The van der Waals surface area contributed by atoms with Gasteiger partial charge in [0.2, 0.25) is 0 Å². The summed E-state index contributed by atoms with van der Waals surface area (Å²) in [7, 11) is 0. The minimum atomic E-state index is 0.248. The molecule has 1 atom stereocenters. The highest BCUT2D eigenvalue weighted by Gasteiger charge is 2.16. The quantitative estimate of drug-likeness (QED) is 0.687. The van der Waals surface area contributed by atoms with Gasteiger partial charge in [0, 0.05) is 11.3 Å². The Kier molecular flexibility index (Phi) is 2.00. The first kappa shape index (κ1) is 8.57. The second kappa shape index (κ2) is 3.04. The summed E-state index contributed by atoms with van der Waals surface area (Å²) in [6, 6.07) is 2.14. The summed E-state index contributed by atoms with van der Waals surface area (Å²) in [4.78, 5) is 4.46. The summed E-state index contributed by atoms with van der Waals surface area (Å²) in [5.74, 6) is 0. The van der Waals surface area contributed by atoms with Crippen LogP contribution in [0.1, 0.15) is 29.9 Å². The van der Waals surface area contributed by atoms with Crippen molar-refractivity contribution in [2.75, 3.05) is 0 Å². The van der Waals surface area contributed by atoms with Crippen LogP contribution in [0.25, 0.3) is 6.08 Å². The van der Waals surface area contributed by atoms with E-state index in [2.05, 4.69) is 17.2 Å². The zero-order valence-corrected chi connectivity index (χ0v) is 8.39. The number of hydrogen-bond acceptors (Lipinski definition) is 2. The van der Waals surface area contributed by atoms with Gasteiger partial charge in [0.05, 0.1) is 16.8 Å². The molecule has 13 heavy (non-hydrogen) atoms. The second-order valence-electron chi connectivity index (χ2n) is 3.27. The molecule has 0 saturated heterocycles. The molecule has 68 valence electrons. The Hall–Kier alpha value is -1.02. The van der Waals surface area contributed by atoms with E-state index in [1.165, 1.54) is 0 Å². The molecule has 0 fully saturated rings. The molecule has 0 spiro atoms. The highest BCUT2D eigenvalue weighted by atomic mass is 35.5. The van der Waals surface area contributed by atoms with Crippen molar-refractivity contribution >= 4 is 17.7 Å². The highest BCUT2D eigenvalue weighted by Crippen LogP contribution is 2.28. The third-order valence-electron chi connectivity index (χ3n) is 2.17. The molecule has 0 aromatic carbocycles. The molecule has 2 nitrogen and oxygen atoms in total. The first-order valence-corrected chi connectivity index (χ1v) is 4.66. The maximum Gasteiger partial charge on any atom is 0.0714 e. The van der Waals surface area contributed by atoms with E-state index in [-0.39, 0.29) is 6.04 Å². The molecule has 0 bridgehead atoms.